The molecule has 0 aromatic heterocycles. The van der Waals surface area contributed by atoms with Crippen molar-refractivity contribution in [3.05, 3.63) is 29.8 Å². The summed E-state index contributed by atoms with van der Waals surface area (Å²) in [6.45, 7) is 0.640. The molecule has 2 rings (SSSR count). The summed E-state index contributed by atoms with van der Waals surface area (Å²) < 4.78 is 45.9. The van der Waals surface area contributed by atoms with Crippen LogP contribution in [0.5, 0.6) is 5.75 Å². The average Bonchev–Trinajstić information content (AvgIpc) is 2.82. The second-order valence-electron chi connectivity index (χ2n) is 4.32. The molecule has 2 unspecified atom stereocenters. The Kier molecular flexibility index (Phi) is 4.28. The average molecular weight is 276 g/mol. The smallest absolute Gasteiger partial charge is 0.406 e. The number of benzene rings is 1. The van der Waals surface area contributed by atoms with Crippen molar-refractivity contribution in [3.8, 4) is 5.75 Å². The minimum Gasteiger partial charge on any atom is -0.406 e. The fourth-order valence-electron chi connectivity index (χ4n) is 2.19. The number of nitrogens with two attached hydrogens (primary N) is 1. The van der Waals surface area contributed by atoms with Crippen LogP contribution >= 0.6 is 0 Å². The third kappa shape index (κ3) is 3.82. The third-order valence-corrected chi connectivity index (χ3v) is 2.97. The monoisotopic (exact) mass is 276 g/mol. The van der Waals surface area contributed by atoms with Crippen LogP contribution in [0.15, 0.2) is 24.3 Å². The van der Waals surface area contributed by atoms with Gasteiger partial charge in [-0.3, -0.25) is 11.3 Å². The summed E-state index contributed by atoms with van der Waals surface area (Å²) in [5, 5.41) is 0. The Morgan fingerprint density at radius 3 is 2.79 bits per heavy atom. The molecule has 0 amide bonds. The van der Waals surface area contributed by atoms with E-state index < -0.39 is 6.36 Å². The second kappa shape index (κ2) is 5.77. The van der Waals surface area contributed by atoms with Crippen LogP contribution in [0.25, 0.3) is 0 Å². The molecule has 106 valence electrons. The first kappa shape index (κ1) is 14.1. The van der Waals surface area contributed by atoms with Gasteiger partial charge < -0.3 is 9.47 Å². The van der Waals surface area contributed by atoms with Crippen LogP contribution in [0.1, 0.15) is 24.4 Å². The second-order valence-corrected chi connectivity index (χ2v) is 4.32. The first-order valence-electron chi connectivity index (χ1n) is 5.93. The molecule has 1 fully saturated rings. The highest BCUT2D eigenvalue weighted by molar-refractivity contribution is 5.31. The minimum absolute atomic E-state index is 0.133. The van der Waals surface area contributed by atoms with Crippen LogP contribution < -0.4 is 16.0 Å². The molecule has 1 aliphatic rings. The Labute approximate surface area is 108 Å². The standard InChI is InChI=1S/C12H15F3N2O2/c13-12(14,15)19-9-4-1-3-8(7-9)11(17-16)10-5-2-6-18-10/h1,3-4,7,10-11,17H,2,5-6,16H2. The molecule has 2 atom stereocenters. The number of nitrogens with one attached hydrogen (secondary N) is 1. The molecule has 0 radical (unpaired) electrons. The van der Waals surface area contributed by atoms with Crippen LogP contribution in [-0.2, 0) is 4.74 Å². The molecule has 7 heteroatoms. The van der Waals surface area contributed by atoms with Gasteiger partial charge in [-0.25, -0.2) is 0 Å². The van der Waals surface area contributed by atoms with E-state index in [0.29, 0.717) is 12.2 Å². The van der Waals surface area contributed by atoms with E-state index >= 15 is 0 Å². The molecule has 19 heavy (non-hydrogen) atoms. The normalized spacial score (nSPS) is 21.4. The van der Waals surface area contributed by atoms with Gasteiger partial charge >= 0.3 is 6.36 Å². The number of rotatable bonds is 4. The number of ether oxygens (including phenoxy) is 2. The van der Waals surface area contributed by atoms with Gasteiger partial charge in [0.2, 0.25) is 0 Å². The lowest BCUT2D eigenvalue weighted by atomic mass is 10.00. The molecule has 4 nitrogen and oxygen atoms in total. The van der Waals surface area contributed by atoms with Gasteiger partial charge in [0.15, 0.2) is 0 Å². The van der Waals surface area contributed by atoms with Gasteiger partial charge in [-0.05, 0) is 30.5 Å². The molecule has 1 aromatic rings. The van der Waals surface area contributed by atoms with Crippen molar-refractivity contribution in [1.82, 2.24) is 5.43 Å². The van der Waals surface area contributed by atoms with Crippen molar-refractivity contribution in [2.24, 2.45) is 5.84 Å². The topological polar surface area (TPSA) is 56.5 Å². The highest BCUT2D eigenvalue weighted by Gasteiger charge is 2.32. The highest BCUT2D eigenvalue weighted by atomic mass is 19.4. The van der Waals surface area contributed by atoms with E-state index in [4.69, 9.17) is 10.6 Å². The van der Waals surface area contributed by atoms with Crippen LogP contribution in [0.3, 0.4) is 0 Å². The fraction of sp³-hybridized carbons (Fsp3) is 0.500. The van der Waals surface area contributed by atoms with Crippen molar-refractivity contribution in [3.63, 3.8) is 0 Å². The zero-order valence-corrected chi connectivity index (χ0v) is 10.1. The minimum atomic E-state index is -4.70. The Morgan fingerprint density at radius 1 is 1.42 bits per heavy atom. The van der Waals surface area contributed by atoms with E-state index in [1.807, 2.05) is 0 Å². The first-order chi connectivity index (χ1) is 8.99. The maximum Gasteiger partial charge on any atom is 0.573 e. The fourth-order valence-corrected chi connectivity index (χ4v) is 2.19. The van der Waals surface area contributed by atoms with E-state index in [0.717, 1.165) is 12.8 Å². The molecule has 1 aliphatic heterocycles. The highest BCUT2D eigenvalue weighted by Crippen LogP contribution is 2.30. The number of halogens is 3. The summed E-state index contributed by atoms with van der Waals surface area (Å²) in [6.07, 6.45) is -3.10. The molecule has 0 spiro atoms. The first-order valence-corrected chi connectivity index (χ1v) is 5.93. The summed E-state index contributed by atoms with van der Waals surface area (Å²) in [7, 11) is 0. The Morgan fingerprint density at radius 2 is 2.21 bits per heavy atom. The maximum absolute atomic E-state index is 12.2. The molecule has 3 N–H and O–H groups in total. The van der Waals surface area contributed by atoms with Crippen molar-refractivity contribution >= 4 is 0 Å². The van der Waals surface area contributed by atoms with E-state index in [2.05, 4.69) is 10.2 Å². The van der Waals surface area contributed by atoms with Crippen molar-refractivity contribution in [2.75, 3.05) is 6.61 Å². The molecule has 0 saturated carbocycles. The number of alkyl halides is 3. The van der Waals surface area contributed by atoms with Crippen LogP contribution in [-0.4, -0.2) is 19.1 Å². The summed E-state index contributed by atoms with van der Waals surface area (Å²) in [4.78, 5) is 0. The largest absolute Gasteiger partial charge is 0.573 e. The molecular weight excluding hydrogens is 261 g/mol. The molecular formula is C12H15F3N2O2. The third-order valence-electron chi connectivity index (χ3n) is 2.97. The van der Waals surface area contributed by atoms with Crippen molar-refractivity contribution in [2.45, 2.75) is 31.3 Å². The van der Waals surface area contributed by atoms with Crippen molar-refractivity contribution < 1.29 is 22.6 Å². The predicted molar refractivity (Wildman–Crippen MR) is 62.2 cm³/mol. The quantitative estimate of drug-likeness (QED) is 0.654. The van der Waals surface area contributed by atoms with E-state index in [-0.39, 0.29) is 17.9 Å². The molecule has 1 heterocycles. The maximum atomic E-state index is 12.2. The van der Waals surface area contributed by atoms with Gasteiger partial charge in [-0.15, -0.1) is 13.2 Å². The molecule has 0 bridgehead atoms. The number of hydrazine groups is 1. The number of hydrogen-bond donors (Lipinski definition) is 2. The van der Waals surface area contributed by atoms with Crippen LogP contribution in [0, 0.1) is 0 Å². The SMILES string of the molecule is NNC(c1cccc(OC(F)(F)F)c1)C1CCCO1. The Hall–Kier alpha value is -1.31. The van der Waals surface area contributed by atoms with Gasteiger partial charge in [0.05, 0.1) is 12.1 Å². The van der Waals surface area contributed by atoms with Gasteiger partial charge in [-0.1, -0.05) is 12.1 Å². The van der Waals surface area contributed by atoms with Crippen molar-refractivity contribution in [1.29, 1.82) is 0 Å². The number of hydrogen-bond acceptors (Lipinski definition) is 4. The zero-order chi connectivity index (χ0) is 13.9. The van der Waals surface area contributed by atoms with Crippen LogP contribution in [0.4, 0.5) is 13.2 Å². The van der Waals surface area contributed by atoms with Gasteiger partial charge in [0.25, 0.3) is 0 Å². The zero-order valence-electron chi connectivity index (χ0n) is 10.1. The molecule has 1 saturated heterocycles. The summed E-state index contributed by atoms with van der Waals surface area (Å²) >= 11 is 0. The van der Waals surface area contributed by atoms with Gasteiger partial charge in [0, 0.05) is 6.61 Å². The van der Waals surface area contributed by atoms with E-state index in [1.165, 1.54) is 18.2 Å². The predicted octanol–water partition coefficient (Wildman–Crippen LogP) is 2.27. The van der Waals surface area contributed by atoms with Gasteiger partial charge in [-0.2, -0.15) is 0 Å². The van der Waals surface area contributed by atoms with E-state index in [9.17, 15) is 13.2 Å². The molecule has 0 aliphatic carbocycles. The Balaban J connectivity index is 2.16. The lowest BCUT2D eigenvalue weighted by Gasteiger charge is -2.23. The van der Waals surface area contributed by atoms with E-state index in [1.54, 1.807) is 6.07 Å². The van der Waals surface area contributed by atoms with Gasteiger partial charge in [0.1, 0.15) is 5.75 Å². The summed E-state index contributed by atoms with van der Waals surface area (Å²) in [5.74, 6) is 5.21. The Bertz CT molecular complexity index is 420. The van der Waals surface area contributed by atoms with Crippen LogP contribution in [0.2, 0.25) is 0 Å². The summed E-state index contributed by atoms with van der Waals surface area (Å²) in [5.41, 5.74) is 3.20. The summed E-state index contributed by atoms with van der Waals surface area (Å²) in [6, 6.07) is 5.41. The lowest BCUT2D eigenvalue weighted by Crippen LogP contribution is -2.36. The molecule has 1 aromatic carbocycles. The lowest BCUT2D eigenvalue weighted by molar-refractivity contribution is -0.274.